The van der Waals surface area contributed by atoms with Crippen molar-refractivity contribution >= 4 is 34.2 Å². The Morgan fingerprint density at radius 2 is 1.94 bits per heavy atom. The van der Waals surface area contributed by atoms with Gasteiger partial charge in [0, 0.05) is 15.0 Å². The van der Waals surface area contributed by atoms with E-state index in [-0.39, 0.29) is 0 Å². The molecule has 0 aliphatic heterocycles. The number of aryl methyl sites for hydroxylation is 1. The van der Waals surface area contributed by atoms with Crippen LogP contribution in [0, 0.1) is 10.5 Å². The number of hydrogen-bond donors (Lipinski definition) is 1. The number of hydrogen-bond acceptors (Lipinski definition) is 1. The van der Waals surface area contributed by atoms with Gasteiger partial charge in [0.1, 0.15) is 0 Å². The zero-order valence-electron chi connectivity index (χ0n) is 10.0. The van der Waals surface area contributed by atoms with E-state index in [2.05, 4.69) is 22.6 Å². The molecule has 0 aliphatic carbocycles. The van der Waals surface area contributed by atoms with Crippen molar-refractivity contribution in [3.8, 4) is 0 Å². The molecule has 2 aromatic carbocycles. The number of aliphatic hydroxyl groups is 1. The molecule has 0 radical (unpaired) electrons. The van der Waals surface area contributed by atoms with Crippen LogP contribution in [-0.2, 0) is 6.42 Å². The van der Waals surface area contributed by atoms with Crippen molar-refractivity contribution in [2.75, 3.05) is 0 Å². The summed E-state index contributed by atoms with van der Waals surface area (Å²) in [6.07, 6.45) is 0.0253. The van der Waals surface area contributed by atoms with Crippen molar-refractivity contribution < 1.29 is 5.11 Å². The number of halogens is 2. The van der Waals surface area contributed by atoms with Gasteiger partial charge in [-0.05, 0) is 58.3 Å². The Bertz CT molecular complexity index is 554. The molecule has 94 valence electrons. The third kappa shape index (κ3) is 3.25. The fourth-order valence-electron chi connectivity index (χ4n) is 1.88. The summed E-state index contributed by atoms with van der Waals surface area (Å²) in [5, 5.41) is 11.0. The minimum atomic E-state index is -0.515. The van der Waals surface area contributed by atoms with E-state index in [0.29, 0.717) is 6.42 Å². The zero-order valence-corrected chi connectivity index (χ0v) is 12.9. The van der Waals surface area contributed by atoms with Crippen LogP contribution in [-0.4, -0.2) is 5.11 Å². The van der Waals surface area contributed by atoms with Crippen LogP contribution in [0.1, 0.15) is 22.8 Å². The lowest BCUT2D eigenvalue weighted by Gasteiger charge is -2.14. The van der Waals surface area contributed by atoms with E-state index < -0.39 is 6.10 Å². The number of benzene rings is 2. The van der Waals surface area contributed by atoms with Crippen LogP contribution in [0.25, 0.3) is 0 Å². The van der Waals surface area contributed by atoms with Crippen molar-refractivity contribution in [3.05, 3.63) is 67.7 Å². The highest BCUT2D eigenvalue weighted by Crippen LogP contribution is 2.26. The Morgan fingerprint density at radius 3 is 2.61 bits per heavy atom. The van der Waals surface area contributed by atoms with E-state index in [4.69, 9.17) is 11.6 Å². The molecule has 0 spiro atoms. The Morgan fingerprint density at radius 1 is 1.22 bits per heavy atom. The first-order chi connectivity index (χ1) is 8.58. The lowest BCUT2D eigenvalue weighted by atomic mass is 10.0. The van der Waals surface area contributed by atoms with E-state index in [9.17, 15) is 5.11 Å². The summed E-state index contributed by atoms with van der Waals surface area (Å²) in [6, 6.07) is 13.8. The highest BCUT2D eigenvalue weighted by Gasteiger charge is 2.13. The van der Waals surface area contributed by atoms with Gasteiger partial charge in [0.25, 0.3) is 0 Å². The second-order valence-corrected chi connectivity index (χ2v) is 5.91. The summed E-state index contributed by atoms with van der Waals surface area (Å²) in [6.45, 7) is 2.01. The largest absolute Gasteiger partial charge is 0.388 e. The molecule has 0 aliphatic rings. The van der Waals surface area contributed by atoms with Gasteiger partial charge in [-0.2, -0.15) is 0 Å². The highest BCUT2D eigenvalue weighted by molar-refractivity contribution is 14.1. The van der Waals surface area contributed by atoms with Crippen molar-refractivity contribution in [3.63, 3.8) is 0 Å². The molecule has 1 nitrogen and oxygen atoms in total. The van der Waals surface area contributed by atoms with Gasteiger partial charge in [-0.25, -0.2) is 0 Å². The standard InChI is InChI=1S/C15H14ClIO/c1-10-6-7-11(13(16)8-10)9-15(18)12-4-2-3-5-14(12)17/h2-8,15,18H,9H2,1H3. The first kappa shape index (κ1) is 13.8. The zero-order chi connectivity index (χ0) is 13.1. The Balaban J connectivity index is 2.21. The van der Waals surface area contributed by atoms with E-state index in [1.807, 2.05) is 49.4 Å². The van der Waals surface area contributed by atoms with Gasteiger partial charge in [-0.15, -0.1) is 0 Å². The molecule has 18 heavy (non-hydrogen) atoms. The molecule has 0 heterocycles. The Kier molecular flexibility index (Phi) is 4.65. The van der Waals surface area contributed by atoms with Crippen LogP contribution >= 0.6 is 34.2 Å². The van der Waals surface area contributed by atoms with Gasteiger partial charge in [0.2, 0.25) is 0 Å². The second kappa shape index (κ2) is 6.04. The second-order valence-electron chi connectivity index (χ2n) is 4.34. The van der Waals surface area contributed by atoms with E-state index in [1.54, 1.807) is 0 Å². The molecule has 0 saturated carbocycles. The van der Waals surface area contributed by atoms with Crippen molar-refractivity contribution in [1.29, 1.82) is 0 Å². The fraction of sp³-hybridized carbons (Fsp3) is 0.200. The normalized spacial score (nSPS) is 12.4. The van der Waals surface area contributed by atoms with E-state index in [1.165, 1.54) is 0 Å². The molecule has 1 unspecified atom stereocenters. The maximum atomic E-state index is 10.3. The molecular weight excluding hydrogens is 359 g/mol. The maximum Gasteiger partial charge on any atom is 0.0841 e. The smallest absolute Gasteiger partial charge is 0.0841 e. The van der Waals surface area contributed by atoms with Crippen molar-refractivity contribution in [2.45, 2.75) is 19.4 Å². The van der Waals surface area contributed by atoms with Gasteiger partial charge in [-0.3, -0.25) is 0 Å². The highest BCUT2D eigenvalue weighted by atomic mass is 127. The minimum absolute atomic E-state index is 0.515. The molecule has 2 rings (SSSR count). The topological polar surface area (TPSA) is 20.2 Å². The molecule has 0 saturated heterocycles. The lowest BCUT2D eigenvalue weighted by molar-refractivity contribution is 0.177. The molecule has 0 aromatic heterocycles. The summed E-state index contributed by atoms with van der Waals surface area (Å²) in [5.74, 6) is 0. The molecule has 0 bridgehead atoms. The fourth-order valence-corrected chi connectivity index (χ4v) is 2.94. The van der Waals surface area contributed by atoms with E-state index >= 15 is 0 Å². The third-order valence-corrected chi connectivity index (χ3v) is 4.22. The maximum absolute atomic E-state index is 10.3. The predicted molar refractivity (Wildman–Crippen MR) is 84.0 cm³/mol. The summed E-state index contributed by atoms with van der Waals surface area (Å²) in [4.78, 5) is 0. The Hall–Kier alpha value is -0.580. The van der Waals surface area contributed by atoms with Crippen LogP contribution in [0.15, 0.2) is 42.5 Å². The molecule has 0 amide bonds. The molecule has 3 heteroatoms. The van der Waals surface area contributed by atoms with Gasteiger partial charge in [0.05, 0.1) is 6.10 Å². The average Bonchev–Trinajstić information content (AvgIpc) is 2.33. The lowest BCUT2D eigenvalue weighted by Crippen LogP contribution is -2.04. The van der Waals surface area contributed by atoms with Gasteiger partial charge >= 0.3 is 0 Å². The quantitative estimate of drug-likeness (QED) is 0.785. The molecule has 1 atom stereocenters. The van der Waals surface area contributed by atoms with Crippen LogP contribution in [0.3, 0.4) is 0 Å². The SMILES string of the molecule is Cc1ccc(CC(O)c2ccccc2I)c(Cl)c1. The van der Waals surface area contributed by atoms with Gasteiger partial charge in [0.15, 0.2) is 0 Å². The first-order valence-corrected chi connectivity index (χ1v) is 7.21. The number of aliphatic hydroxyl groups excluding tert-OH is 1. The van der Waals surface area contributed by atoms with E-state index in [0.717, 1.165) is 25.3 Å². The summed E-state index contributed by atoms with van der Waals surface area (Å²) < 4.78 is 1.07. The van der Waals surface area contributed by atoms with Gasteiger partial charge < -0.3 is 5.11 Å². The first-order valence-electron chi connectivity index (χ1n) is 5.75. The molecular formula is C15H14ClIO. The predicted octanol–water partition coefficient (Wildman–Crippen LogP) is 4.53. The molecule has 2 aromatic rings. The van der Waals surface area contributed by atoms with Crippen LogP contribution in [0.5, 0.6) is 0 Å². The van der Waals surface area contributed by atoms with Crippen LogP contribution in [0.4, 0.5) is 0 Å². The summed E-state index contributed by atoms with van der Waals surface area (Å²) >= 11 is 8.43. The van der Waals surface area contributed by atoms with Crippen molar-refractivity contribution in [2.24, 2.45) is 0 Å². The molecule has 0 fully saturated rings. The molecule has 1 N–H and O–H groups in total. The minimum Gasteiger partial charge on any atom is -0.388 e. The monoisotopic (exact) mass is 372 g/mol. The summed E-state index contributed by atoms with van der Waals surface area (Å²) in [5.41, 5.74) is 3.07. The Labute approximate surface area is 126 Å². The average molecular weight is 373 g/mol. The van der Waals surface area contributed by atoms with Crippen molar-refractivity contribution in [1.82, 2.24) is 0 Å². The third-order valence-electron chi connectivity index (χ3n) is 2.89. The van der Waals surface area contributed by atoms with Gasteiger partial charge in [-0.1, -0.05) is 41.9 Å². The van der Waals surface area contributed by atoms with Crippen LogP contribution < -0.4 is 0 Å². The summed E-state index contributed by atoms with van der Waals surface area (Å²) in [7, 11) is 0. The van der Waals surface area contributed by atoms with Crippen LogP contribution in [0.2, 0.25) is 5.02 Å². The number of rotatable bonds is 3.